The molecule has 1 atom stereocenters. The fraction of sp³-hybridized carbons (Fsp3) is 0.875. The van der Waals surface area contributed by atoms with Crippen LogP contribution in [0.2, 0.25) is 0 Å². The van der Waals surface area contributed by atoms with E-state index in [4.69, 9.17) is 4.84 Å². The lowest BCUT2D eigenvalue weighted by molar-refractivity contribution is -0.127. The number of hydrogen-bond donors (Lipinski definition) is 0. The van der Waals surface area contributed by atoms with Gasteiger partial charge in [0.05, 0.1) is 5.71 Å². The molecule has 0 aromatic heterocycles. The summed E-state index contributed by atoms with van der Waals surface area (Å²) in [5, 5.41) is 4.29. The van der Waals surface area contributed by atoms with Gasteiger partial charge >= 0.3 is 0 Å². The van der Waals surface area contributed by atoms with Crippen LogP contribution in [0.25, 0.3) is 0 Å². The summed E-state index contributed by atoms with van der Waals surface area (Å²) in [6.07, 6.45) is 2.47. The molecule has 0 radical (unpaired) electrons. The highest BCUT2D eigenvalue weighted by Crippen LogP contribution is 2.32. The predicted molar refractivity (Wildman–Crippen MR) is 89.5 cm³/mol. The first kappa shape index (κ1) is 19.5. The molecule has 0 bridgehead atoms. The Hall–Kier alpha value is -0.510. The van der Waals surface area contributed by atoms with E-state index >= 15 is 0 Å². The molecule has 0 aliphatic carbocycles. The minimum Gasteiger partial charge on any atom is -0.399 e. The normalized spacial score (nSPS) is 14.5. The van der Waals surface area contributed by atoms with Gasteiger partial charge in [-0.1, -0.05) is 39.8 Å². The van der Waals surface area contributed by atoms with Crippen LogP contribution < -0.4 is 0 Å². The van der Waals surface area contributed by atoms with Crippen molar-refractivity contribution in [3.63, 3.8) is 0 Å². The average molecular weight is 301 g/mol. The average Bonchev–Trinajstić information content (AvgIpc) is 2.35. The summed E-state index contributed by atoms with van der Waals surface area (Å²) in [4.78, 5) is 17.3. The molecule has 0 aliphatic rings. The van der Waals surface area contributed by atoms with Gasteiger partial charge in [-0.05, 0) is 31.4 Å². The van der Waals surface area contributed by atoms with Crippen LogP contribution in [0.4, 0.5) is 0 Å². The summed E-state index contributed by atoms with van der Waals surface area (Å²) in [6, 6.07) is 0. The van der Waals surface area contributed by atoms with Crippen LogP contribution in [-0.4, -0.2) is 29.6 Å². The molecule has 0 aliphatic heterocycles. The number of rotatable bonds is 10. The Balaban J connectivity index is 4.73. The first-order valence-electron chi connectivity index (χ1n) is 7.47. The van der Waals surface area contributed by atoms with Gasteiger partial charge in [-0.25, -0.2) is 0 Å². The van der Waals surface area contributed by atoms with Gasteiger partial charge in [-0.3, -0.25) is 4.79 Å². The molecule has 118 valence electrons. The van der Waals surface area contributed by atoms with Crippen LogP contribution in [0.3, 0.4) is 0 Å². The quantitative estimate of drug-likeness (QED) is 0.439. The van der Waals surface area contributed by atoms with Crippen molar-refractivity contribution in [2.45, 2.75) is 66.1 Å². The first-order valence-corrected chi connectivity index (χ1v) is 8.52. The summed E-state index contributed by atoms with van der Waals surface area (Å²) < 4.78 is 0. The van der Waals surface area contributed by atoms with Crippen molar-refractivity contribution < 1.29 is 9.63 Å². The van der Waals surface area contributed by atoms with Gasteiger partial charge in [0.25, 0.3) is 0 Å². The SMILES string of the molecule is CCSC(CC(C)(C)C(=O)CCC(C)C)C(C)=NOC. The molecule has 0 amide bonds. The van der Waals surface area contributed by atoms with E-state index in [0.717, 1.165) is 24.3 Å². The Kier molecular flexibility index (Phi) is 9.19. The third kappa shape index (κ3) is 7.32. The Morgan fingerprint density at radius 2 is 1.95 bits per heavy atom. The number of hydrogen-bond acceptors (Lipinski definition) is 4. The number of thioether (sulfide) groups is 1. The number of oxime groups is 1. The van der Waals surface area contributed by atoms with E-state index in [-0.39, 0.29) is 10.7 Å². The topological polar surface area (TPSA) is 38.7 Å². The maximum Gasteiger partial charge on any atom is 0.138 e. The molecule has 3 nitrogen and oxygen atoms in total. The van der Waals surface area contributed by atoms with E-state index in [1.54, 1.807) is 7.11 Å². The minimum absolute atomic E-state index is 0.248. The molecule has 20 heavy (non-hydrogen) atoms. The second-order valence-electron chi connectivity index (χ2n) is 6.30. The van der Waals surface area contributed by atoms with Crippen molar-refractivity contribution in [2.24, 2.45) is 16.5 Å². The van der Waals surface area contributed by atoms with Crippen LogP contribution in [0.5, 0.6) is 0 Å². The summed E-state index contributed by atoms with van der Waals surface area (Å²) in [6.45, 7) is 12.5. The third-order valence-electron chi connectivity index (χ3n) is 3.47. The zero-order chi connectivity index (χ0) is 15.8. The van der Waals surface area contributed by atoms with Gasteiger partial charge in [-0.15, -0.1) is 0 Å². The smallest absolute Gasteiger partial charge is 0.138 e. The highest BCUT2D eigenvalue weighted by Gasteiger charge is 2.31. The standard InChI is InChI=1S/C16H31NO2S/c1-8-20-14(13(4)17-19-7)11-16(5,6)15(18)10-9-12(2)3/h12,14H,8-11H2,1-7H3. The lowest BCUT2D eigenvalue weighted by Crippen LogP contribution is -2.31. The van der Waals surface area contributed by atoms with Gasteiger partial charge in [0.2, 0.25) is 0 Å². The third-order valence-corrected chi connectivity index (χ3v) is 4.71. The molecule has 0 aromatic rings. The molecule has 0 fully saturated rings. The minimum atomic E-state index is -0.299. The summed E-state index contributed by atoms with van der Waals surface area (Å²) >= 11 is 1.83. The van der Waals surface area contributed by atoms with Gasteiger partial charge in [0.1, 0.15) is 12.9 Å². The van der Waals surface area contributed by atoms with Crippen LogP contribution >= 0.6 is 11.8 Å². The maximum absolute atomic E-state index is 12.4. The molecule has 0 rings (SSSR count). The summed E-state index contributed by atoms with van der Waals surface area (Å²) in [5.74, 6) is 1.95. The highest BCUT2D eigenvalue weighted by atomic mass is 32.2. The number of nitrogens with zero attached hydrogens (tertiary/aromatic N) is 1. The van der Waals surface area contributed by atoms with Crippen molar-refractivity contribution in [2.75, 3.05) is 12.9 Å². The van der Waals surface area contributed by atoms with Gasteiger partial charge in [0.15, 0.2) is 0 Å². The Morgan fingerprint density at radius 1 is 1.35 bits per heavy atom. The molecule has 0 saturated carbocycles. The van der Waals surface area contributed by atoms with Crippen LogP contribution in [0.15, 0.2) is 5.16 Å². The van der Waals surface area contributed by atoms with Crippen LogP contribution in [0.1, 0.15) is 60.8 Å². The zero-order valence-electron chi connectivity index (χ0n) is 14.2. The molecule has 0 aromatic carbocycles. The van der Waals surface area contributed by atoms with E-state index < -0.39 is 0 Å². The van der Waals surface area contributed by atoms with Crippen molar-refractivity contribution in [3.05, 3.63) is 0 Å². The largest absolute Gasteiger partial charge is 0.399 e. The molecule has 4 heteroatoms. The predicted octanol–water partition coefficient (Wildman–Crippen LogP) is 4.55. The molecule has 0 spiro atoms. The van der Waals surface area contributed by atoms with Crippen LogP contribution in [-0.2, 0) is 9.63 Å². The fourth-order valence-corrected chi connectivity index (χ4v) is 3.29. The second kappa shape index (κ2) is 9.43. The number of Topliss-reactive ketones (excluding diaryl/α,β-unsaturated/α-hetero) is 1. The van der Waals surface area contributed by atoms with Gasteiger partial charge < -0.3 is 4.84 Å². The second-order valence-corrected chi connectivity index (χ2v) is 7.78. The van der Waals surface area contributed by atoms with E-state index in [2.05, 4.69) is 39.8 Å². The lowest BCUT2D eigenvalue weighted by Gasteiger charge is -2.28. The zero-order valence-corrected chi connectivity index (χ0v) is 15.0. The molecule has 1 unspecified atom stereocenters. The first-order chi connectivity index (χ1) is 9.24. The van der Waals surface area contributed by atoms with Crippen molar-refractivity contribution in [3.8, 4) is 0 Å². The summed E-state index contributed by atoms with van der Waals surface area (Å²) in [7, 11) is 1.57. The summed E-state index contributed by atoms with van der Waals surface area (Å²) in [5.41, 5.74) is 0.663. The number of carbonyl (C=O) groups excluding carboxylic acids is 1. The number of carbonyl (C=O) groups is 1. The fourth-order valence-electron chi connectivity index (χ4n) is 2.07. The Morgan fingerprint density at radius 3 is 2.40 bits per heavy atom. The lowest BCUT2D eigenvalue weighted by atomic mass is 9.80. The number of ketones is 1. The molecule has 0 saturated heterocycles. The molecule has 0 N–H and O–H groups in total. The maximum atomic E-state index is 12.4. The highest BCUT2D eigenvalue weighted by molar-refractivity contribution is 8.00. The van der Waals surface area contributed by atoms with Crippen molar-refractivity contribution in [1.82, 2.24) is 0 Å². The molecular formula is C16H31NO2S. The van der Waals surface area contributed by atoms with Crippen LogP contribution in [0, 0.1) is 11.3 Å². The van der Waals surface area contributed by atoms with Gasteiger partial charge in [-0.2, -0.15) is 11.8 Å². The van der Waals surface area contributed by atoms with E-state index in [1.807, 2.05) is 18.7 Å². The Labute approximate surface area is 128 Å². The van der Waals surface area contributed by atoms with Crippen molar-refractivity contribution >= 4 is 23.3 Å². The van der Waals surface area contributed by atoms with Crippen molar-refractivity contribution in [1.29, 1.82) is 0 Å². The Bertz CT molecular complexity index is 324. The monoisotopic (exact) mass is 301 g/mol. The van der Waals surface area contributed by atoms with E-state index in [9.17, 15) is 4.79 Å². The van der Waals surface area contributed by atoms with E-state index in [1.165, 1.54) is 0 Å². The molecule has 0 heterocycles. The van der Waals surface area contributed by atoms with Gasteiger partial charge in [0, 0.05) is 17.1 Å². The molecular weight excluding hydrogens is 270 g/mol. The van der Waals surface area contributed by atoms with E-state index in [0.29, 0.717) is 18.1 Å².